The molecule has 2 aromatic rings. The monoisotopic (exact) mass is 278 g/mol. The fraction of sp³-hybridized carbons (Fsp3) is 0.333. The van der Waals surface area contributed by atoms with Gasteiger partial charge in [0.25, 0.3) is 0 Å². The van der Waals surface area contributed by atoms with Crippen molar-refractivity contribution in [3.05, 3.63) is 53.3 Å². The normalized spacial score (nSPS) is 10.8. The van der Waals surface area contributed by atoms with E-state index in [1.54, 1.807) is 7.11 Å². The maximum Gasteiger partial charge on any atom is 0.0474 e. The number of hydrogen-bond donors (Lipinski definition) is 1. The zero-order chi connectivity index (χ0) is 13.5. The van der Waals surface area contributed by atoms with Crippen molar-refractivity contribution in [3.63, 3.8) is 0 Å². The largest absolute Gasteiger partial charge is 0.385 e. The van der Waals surface area contributed by atoms with Gasteiger partial charge in [0.1, 0.15) is 0 Å². The third kappa shape index (κ3) is 4.10. The lowest BCUT2D eigenvalue weighted by Gasteiger charge is -2.10. The van der Waals surface area contributed by atoms with Gasteiger partial charge in [0.2, 0.25) is 0 Å². The van der Waals surface area contributed by atoms with Crippen LogP contribution in [0.1, 0.15) is 12.1 Å². The molecule has 0 atom stereocenters. The van der Waals surface area contributed by atoms with Gasteiger partial charge in [-0.1, -0.05) is 11.6 Å². The highest BCUT2D eigenvalue weighted by atomic mass is 35.5. The van der Waals surface area contributed by atoms with Crippen molar-refractivity contribution in [3.8, 4) is 5.69 Å². The van der Waals surface area contributed by atoms with Crippen molar-refractivity contribution >= 4 is 11.6 Å². The number of nitrogens with one attached hydrogen (secondary N) is 1. The molecule has 0 aliphatic rings. The molecule has 19 heavy (non-hydrogen) atoms. The highest BCUT2D eigenvalue weighted by molar-refractivity contribution is 6.30. The van der Waals surface area contributed by atoms with Crippen LogP contribution in [0.15, 0.2) is 42.6 Å². The van der Waals surface area contributed by atoms with Gasteiger partial charge in [0.15, 0.2) is 0 Å². The molecule has 1 heterocycles. The summed E-state index contributed by atoms with van der Waals surface area (Å²) >= 11 is 5.91. The Labute approximate surface area is 119 Å². The summed E-state index contributed by atoms with van der Waals surface area (Å²) < 4.78 is 7.19. The second-order valence-corrected chi connectivity index (χ2v) is 4.81. The van der Waals surface area contributed by atoms with E-state index in [0.29, 0.717) is 0 Å². The fourth-order valence-electron chi connectivity index (χ4n) is 1.97. The van der Waals surface area contributed by atoms with Crippen molar-refractivity contribution in [2.75, 3.05) is 20.3 Å². The van der Waals surface area contributed by atoms with E-state index in [0.717, 1.165) is 36.8 Å². The Balaban J connectivity index is 1.96. The second kappa shape index (κ2) is 7.34. The summed E-state index contributed by atoms with van der Waals surface area (Å²) in [5.41, 5.74) is 2.36. The quantitative estimate of drug-likeness (QED) is 0.787. The standard InChI is InChI=1S/C15H19ClN2O/c1-19-11-3-9-17-12-15-4-2-10-18(15)14-7-5-13(16)6-8-14/h2,4-8,10,17H,3,9,11-12H2,1H3. The smallest absolute Gasteiger partial charge is 0.0474 e. The maximum absolute atomic E-state index is 5.91. The first-order valence-corrected chi connectivity index (χ1v) is 6.81. The van der Waals surface area contributed by atoms with E-state index in [1.807, 2.05) is 24.3 Å². The average molecular weight is 279 g/mol. The minimum Gasteiger partial charge on any atom is -0.385 e. The molecular weight excluding hydrogens is 260 g/mol. The summed E-state index contributed by atoms with van der Waals surface area (Å²) in [5, 5.41) is 4.18. The van der Waals surface area contributed by atoms with E-state index in [-0.39, 0.29) is 0 Å². The molecule has 0 unspecified atom stereocenters. The molecule has 2 rings (SSSR count). The van der Waals surface area contributed by atoms with Crippen molar-refractivity contribution in [1.82, 2.24) is 9.88 Å². The molecule has 1 N–H and O–H groups in total. The predicted octanol–water partition coefficient (Wildman–Crippen LogP) is 3.26. The minimum atomic E-state index is 0.759. The first-order valence-electron chi connectivity index (χ1n) is 6.43. The van der Waals surface area contributed by atoms with E-state index >= 15 is 0 Å². The Kier molecular flexibility index (Phi) is 5.45. The average Bonchev–Trinajstić information content (AvgIpc) is 2.88. The SMILES string of the molecule is COCCCNCc1cccn1-c1ccc(Cl)cc1. The summed E-state index contributed by atoms with van der Waals surface area (Å²) in [4.78, 5) is 0. The first kappa shape index (κ1) is 14.1. The van der Waals surface area contributed by atoms with Gasteiger partial charge >= 0.3 is 0 Å². The van der Waals surface area contributed by atoms with Crippen LogP contribution in [0.3, 0.4) is 0 Å². The molecule has 1 aromatic carbocycles. The number of nitrogens with zero attached hydrogens (tertiary/aromatic N) is 1. The number of halogens is 1. The number of benzene rings is 1. The number of ether oxygens (including phenoxy) is 1. The number of aromatic nitrogens is 1. The predicted molar refractivity (Wildman–Crippen MR) is 79.0 cm³/mol. The molecule has 3 nitrogen and oxygen atoms in total. The van der Waals surface area contributed by atoms with Crippen LogP contribution in [-0.2, 0) is 11.3 Å². The van der Waals surface area contributed by atoms with Crippen LogP contribution in [0.4, 0.5) is 0 Å². The van der Waals surface area contributed by atoms with Crippen LogP contribution in [0.5, 0.6) is 0 Å². The summed E-state index contributed by atoms with van der Waals surface area (Å²) in [6.07, 6.45) is 3.09. The minimum absolute atomic E-state index is 0.759. The third-order valence-corrected chi connectivity index (χ3v) is 3.20. The van der Waals surface area contributed by atoms with Crippen molar-refractivity contribution in [2.24, 2.45) is 0 Å². The van der Waals surface area contributed by atoms with Crippen molar-refractivity contribution in [2.45, 2.75) is 13.0 Å². The molecule has 0 aliphatic carbocycles. The lowest BCUT2D eigenvalue weighted by molar-refractivity contribution is 0.194. The molecule has 0 amide bonds. The molecule has 0 saturated heterocycles. The third-order valence-electron chi connectivity index (χ3n) is 2.95. The topological polar surface area (TPSA) is 26.2 Å². The molecule has 0 spiro atoms. The zero-order valence-corrected chi connectivity index (χ0v) is 11.9. The number of methoxy groups -OCH3 is 1. The summed E-state index contributed by atoms with van der Waals surface area (Å²) in [6.45, 7) is 2.60. The van der Waals surface area contributed by atoms with Gasteiger partial charge in [-0.15, -0.1) is 0 Å². The number of rotatable bonds is 7. The van der Waals surface area contributed by atoms with Gasteiger partial charge in [0, 0.05) is 42.9 Å². The van der Waals surface area contributed by atoms with Gasteiger partial charge < -0.3 is 14.6 Å². The van der Waals surface area contributed by atoms with Crippen LogP contribution in [0.2, 0.25) is 5.02 Å². The molecule has 0 fully saturated rings. The van der Waals surface area contributed by atoms with Crippen molar-refractivity contribution in [1.29, 1.82) is 0 Å². The molecule has 0 saturated carbocycles. The van der Waals surface area contributed by atoms with E-state index in [1.165, 1.54) is 5.69 Å². The maximum atomic E-state index is 5.91. The van der Waals surface area contributed by atoms with E-state index in [2.05, 4.69) is 28.2 Å². The molecular formula is C15H19ClN2O. The molecule has 0 aliphatic heterocycles. The van der Waals surface area contributed by atoms with Crippen LogP contribution in [-0.4, -0.2) is 24.8 Å². The highest BCUT2D eigenvalue weighted by Crippen LogP contribution is 2.16. The highest BCUT2D eigenvalue weighted by Gasteiger charge is 2.02. The Bertz CT molecular complexity index is 493. The zero-order valence-electron chi connectivity index (χ0n) is 11.1. The Hall–Kier alpha value is -1.29. The van der Waals surface area contributed by atoms with Crippen LogP contribution < -0.4 is 5.32 Å². The van der Waals surface area contributed by atoms with Gasteiger partial charge in [-0.05, 0) is 49.4 Å². The van der Waals surface area contributed by atoms with Gasteiger partial charge in [0.05, 0.1) is 0 Å². The summed E-state index contributed by atoms with van der Waals surface area (Å²) in [7, 11) is 1.73. The van der Waals surface area contributed by atoms with E-state index in [4.69, 9.17) is 16.3 Å². The first-order chi connectivity index (χ1) is 9.31. The Morgan fingerprint density at radius 3 is 2.74 bits per heavy atom. The van der Waals surface area contributed by atoms with Crippen LogP contribution in [0, 0.1) is 0 Å². The Morgan fingerprint density at radius 1 is 1.21 bits per heavy atom. The second-order valence-electron chi connectivity index (χ2n) is 4.37. The van der Waals surface area contributed by atoms with Crippen LogP contribution in [0.25, 0.3) is 5.69 Å². The van der Waals surface area contributed by atoms with E-state index in [9.17, 15) is 0 Å². The Morgan fingerprint density at radius 2 is 2.00 bits per heavy atom. The van der Waals surface area contributed by atoms with Crippen LogP contribution >= 0.6 is 11.6 Å². The molecule has 1 aromatic heterocycles. The van der Waals surface area contributed by atoms with Gasteiger partial charge in [-0.25, -0.2) is 0 Å². The molecule has 0 radical (unpaired) electrons. The fourth-order valence-corrected chi connectivity index (χ4v) is 2.10. The lowest BCUT2D eigenvalue weighted by atomic mass is 10.3. The summed E-state index contributed by atoms with van der Waals surface area (Å²) in [5.74, 6) is 0. The van der Waals surface area contributed by atoms with Gasteiger partial charge in [-0.2, -0.15) is 0 Å². The molecule has 102 valence electrons. The molecule has 4 heteroatoms. The van der Waals surface area contributed by atoms with Crippen molar-refractivity contribution < 1.29 is 4.74 Å². The molecule has 0 bridgehead atoms. The lowest BCUT2D eigenvalue weighted by Crippen LogP contribution is -2.18. The van der Waals surface area contributed by atoms with Gasteiger partial charge in [-0.3, -0.25) is 0 Å². The number of hydrogen-bond acceptors (Lipinski definition) is 2. The summed E-state index contributed by atoms with van der Waals surface area (Å²) in [6, 6.07) is 12.0. The van der Waals surface area contributed by atoms with E-state index < -0.39 is 0 Å².